The van der Waals surface area contributed by atoms with Crippen molar-refractivity contribution in [2.75, 3.05) is 0 Å². The Balaban J connectivity index is 2.99. The molecule has 0 unspecified atom stereocenters. The summed E-state index contributed by atoms with van der Waals surface area (Å²) in [6, 6.07) is 5.58. The summed E-state index contributed by atoms with van der Waals surface area (Å²) in [6.45, 7) is 4.01. The smallest absolute Gasteiger partial charge is 0.404 e. The topological polar surface area (TPSA) is 73.1 Å². The molecule has 0 saturated heterocycles. The molecule has 0 aliphatic rings. The van der Waals surface area contributed by atoms with Crippen molar-refractivity contribution in [3.05, 3.63) is 34.4 Å². The van der Waals surface area contributed by atoms with Crippen LogP contribution in [0, 0.1) is 25.2 Å². The van der Waals surface area contributed by atoms with E-state index in [0.29, 0.717) is 5.56 Å². The molecule has 1 aromatic rings. The van der Waals surface area contributed by atoms with Crippen molar-refractivity contribution in [3.63, 3.8) is 0 Å². The summed E-state index contributed by atoms with van der Waals surface area (Å²) in [5, 5.41) is 19.5. The number of benzene rings is 1. The minimum absolute atomic E-state index is 0.276. The highest BCUT2D eigenvalue weighted by Crippen LogP contribution is 2.15. The molecule has 15 heavy (non-hydrogen) atoms. The zero-order chi connectivity index (χ0) is 11.4. The van der Waals surface area contributed by atoms with Gasteiger partial charge in [-0.2, -0.15) is 5.26 Å². The first-order valence-electron chi connectivity index (χ1n) is 4.51. The Morgan fingerprint density at radius 1 is 1.47 bits per heavy atom. The van der Waals surface area contributed by atoms with E-state index in [1.54, 1.807) is 12.1 Å². The molecular formula is C11H12N2O2. The molecule has 0 aliphatic carbocycles. The van der Waals surface area contributed by atoms with Crippen LogP contribution in [-0.4, -0.2) is 11.2 Å². The number of nitrogens with zero attached hydrogens (tertiary/aromatic N) is 1. The van der Waals surface area contributed by atoms with E-state index in [-0.39, 0.29) is 6.54 Å². The Bertz CT molecular complexity index is 410. The van der Waals surface area contributed by atoms with Gasteiger partial charge in [-0.15, -0.1) is 0 Å². The molecule has 78 valence electrons. The van der Waals surface area contributed by atoms with Crippen molar-refractivity contribution in [3.8, 4) is 6.07 Å². The number of rotatable bonds is 2. The van der Waals surface area contributed by atoms with Crippen LogP contribution in [0.25, 0.3) is 0 Å². The molecular weight excluding hydrogens is 192 g/mol. The number of carboxylic acid groups (broad SMARTS) is 1. The Morgan fingerprint density at radius 3 is 2.40 bits per heavy atom. The van der Waals surface area contributed by atoms with E-state index in [1.807, 2.05) is 13.8 Å². The largest absolute Gasteiger partial charge is 0.465 e. The second-order valence-electron chi connectivity index (χ2n) is 3.36. The molecule has 0 atom stereocenters. The maximum Gasteiger partial charge on any atom is 0.404 e. The average Bonchev–Trinajstić information content (AvgIpc) is 2.15. The summed E-state index contributed by atoms with van der Waals surface area (Å²) >= 11 is 0. The van der Waals surface area contributed by atoms with E-state index in [1.165, 1.54) is 0 Å². The molecule has 0 radical (unpaired) electrons. The van der Waals surface area contributed by atoms with Gasteiger partial charge in [0.25, 0.3) is 0 Å². The molecule has 1 rings (SSSR count). The van der Waals surface area contributed by atoms with E-state index >= 15 is 0 Å². The standard InChI is InChI=1S/C11H12N2O2/c1-7-3-9(5-12)4-8(2)10(7)6-13-11(14)15/h3-4,13H,6H2,1-2H3,(H,14,15). The van der Waals surface area contributed by atoms with Gasteiger partial charge in [0.05, 0.1) is 11.6 Å². The van der Waals surface area contributed by atoms with Crippen molar-refractivity contribution in [2.24, 2.45) is 0 Å². The molecule has 0 spiro atoms. The fourth-order valence-corrected chi connectivity index (χ4v) is 1.50. The molecule has 4 heteroatoms. The van der Waals surface area contributed by atoms with Crippen LogP contribution in [-0.2, 0) is 6.54 Å². The summed E-state index contributed by atoms with van der Waals surface area (Å²) < 4.78 is 0. The molecule has 1 aromatic carbocycles. The second-order valence-corrected chi connectivity index (χ2v) is 3.36. The van der Waals surface area contributed by atoms with E-state index in [9.17, 15) is 4.79 Å². The number of carbonyl (C=O) groups is 1. The van der Waals surface area contributed by atoms with Crippen molar-refractivity contribution >= 4 is 6.09 Å². The molecule has 1 amide bonds. The fraction of sp³-hybridized carbons (Fsp3) is 0.273. The van der Waals surface area contributed by atoms with Crippen LogP contribution in [0.4, 0.5) is 4.79 Å². The van der Waals surface area contributed by atoms with E-state index in [0.717, 1.165) is 16.7 Å². The van der Waals surface area contributed by atoms with Gasteiger partial charge in [-0.25, -0.2) is 4.79 Å². The van der Waals surface area contributed by atoms with Crippen LogP contribution in [0.15, 0.2) is 12.1 Å². The van der Waals surface area contributed by atoms with Gasteiger partial charge in [-0.05, 0) is 42.7 Å². The Morgan fingerprint density at radius 2 is 2.00 bits per heavy atom. The van der Waals surface area contributed by atoms with Crippen LogP contribution in [0.3, 0.4) is 0 Å². The van der Waals surface area contributed by atoms with Crippen LogP contribution in [0.1, 0.15) is 22.3 Å². The summed E-state index contributed by atoms with van der Waals surface area (Å²) in [5.74, 6) is 0. The van der Waals surface area contributed by atoms with Gasteiger partial charge in [0.15, 0.2) is 0 Å². The average molecular weight is 204 g/mol. The van der Waals surface area contributed by atoms with E-state index < -0.39 is 6.09 Å². The number of hydrogen-bond acceptors (Lipinski definition) is 2. The molecule has 0 bridgehead atoms. The maximum absolute atomic E-state index is 10.4. The Hall–Kier alpha value is -2.02. The molecule has 4 nitrogen and oxygen atoms in total. The highest BCUT2D eigenvalue weighted by atomic mass is 16.4. The Kier molecular flexibility index (Phi) is 3.29. The minimum Gasteiger partial charge on any atom is -0.465 e. The number of hydrogen-bond donors (Lipinski definition) is 2. The monoisotopic (exact) mass is 204 g/mol. The minimum atomic E-state index is -1.04. The highest BCUT2D eigenvalue weighted by molar-refractivity contribution is 5.64. The first-order valence-corrected chi connectivity index (χ1v) is 4.51. The van der Waals surface area contributed by atoms with Crippen molar-refractivity contribution in [1.29, 1.82) is 5.26 Å². The molecule has 2 N–H and O–H groups in total. The lowest BCUT2D eigenvalue weighted by Crippen LogP contribution is -2.21. The van der Waals surface area contributed by atoms with Gasteiger partial charge in [-0.3, -0.25) is 0 Å². The predicted octanol–water partition coefficient (Wildman–Crippen LogP) is 1.94. The van der Waals surface area contributed by atoms with Crippen LogP contribution >= 0.6 is 0 Å². The van der Waals surface area contributed by atoms with Gasteiger partial charge in [0.2, 0.25) is 0 Å². The summed E-state index contributed by atoms with van der Waals surface area (Å²) in [5.41, 5.74) is 3.39. The highest BCUT2D eigenvalue weighted by Gasteiger charge is 2.06. The zero-order valence-corrected chi connectivity index (χ0v) is 8.66. The first kappa shape index (κ1) is 11.1. The first-order chi connectivity index (χ1) is 7.04. The third-order valence-electron chi connectivity index (χ3n) is 2.24. The number of aryl methyl sites for hydroxylation is 2. The summed E-state index contributed by atoms with van der Waals surface area (Å²) in [7, 11) is 0. The lowest BCUT2D eigenvalue weighted by atomic mass is 10.00. The SMILES string of the molecule is Cc1cc(C#N)cc(C)c1CNC(=O)O. The Labute approximate surface area is 88.2 Å². The van der Waals surface area contributed by atoms with Crippen LogP contribution in [0.5, 0.6) is 0 Å². The van der Waals surface area contributed by atoms with Gasteiger partial charge in [0.1, 0.15) is 0 Å². The second kappa shape index (κ2) is 4.47. The van der Waals surface area contributed by atoms with Crippen LogP contribution < -0.4 is 5.32 Å². The third-order valence-corrected chi connectivity index (χ3v) is 2.24. The van der Waals surface area contributed by atoms with E-state index in [4.69, 9.17) is 10.4 Å². The zero-order valence-electron chi connectivity index (χ0n) is 8.66. The normalized spacial score (nSPS) is 9.40. The van der Waals surface area contributed by atoms with E-state index in [2.05, 4.69) is 11.4 Å². The summed E-state index contributed by atoms with van der Waals surface area (Å²) in [4.78, 5) is 10.4. The number of nitriles is 1. The van der Waals surface area contributed by atoms with Gasteiger partial charge >= 0.3 is 6.09 Å². The maximum atomic E-state index is 10.4. The van der Waals surface area contributed by atoms with Crippen molar-refractivity contribution < 1.29 is 9.90 Å². The lowest BCUT2D eigenvalue weighted by Gasteiger charge is -2.09. The third kappa shape index (κ3) is 2.71. The van der Waals surface area contributed by atoms with Gasteiger partial charge in [-0.1, -0.05) is 0 Å². The fourth-order valence-electron chi connectivity index (χ4n) is 1.50. The number of amides is 1. The molecule has 0 fully saturated rings. The van der Waals surface area contributed by atoms with Gasteiger partial charge in [0, 0.05) is 6.54 Å². The van der Waals surface area contributed by atoms with Crippen molar-refractivity contribution in [2.45, 2.75) is 20.4 Å². The van der Waals surface area contributed by atoms with Crippen molar-refractivity contribution in [1.82, 2.24) is 5.32 Å². The molecule has 0 saturated carbocycles. The quantitative estimate of drug-likeness (QED) is 0.773. The number of nitrogens with one attached hydrogen (secondary N) is 1. The van der Waals surface area contributed by atoms with Gasteiger partial charge < -0.3 is 10.4 Å². The summed E-state index contributed by atoms with van der Waals surface area (Å²) in [6.07, 6.45) is -1.04. The molecule has 0 heterocycles. The molecule has 0 aromatic heterocycles. The predicted molar refractivity (Wildman–Crippen MR) is 55.5 cm³/mol. The lowest BCUT2D eigenvalue weighted by molar-refractivity contribution is 0.194. The van der Waals surface area contributed by atoms with Crippen LogP contribution in [0.2, 0.25) is 0 Å². The molecule has 0 aliphatic heterocycles.